The Balaban J connectivity index is 2.23. The van der Waals surface area contributed by atoms with Crippen molar-refractivity contribution in [3.63, 3.8) is 0 Å². The first-order valence-electron chi connectivity index (χ1n) is 5.91. The molecule has 1 aliphatic heterocycles. The zero-order chi connectivity index (χ0) is 10.9. The molecule has 1 fully saturated rings. The van der Waals surface area contributed by atoms with Crippen molar-refractivity contribution in [1.29, 1.82) is 0 Å². The van der Waals surface area contributed by atoms with Crippen LogP contribution < -0.4 is 5.30 Å². The molecular formula is C13H21PSn. The van der Waals surface area contributed by atoms with Gasteiger partial charge in [-0.15, -0.1) is 0 Å². The molecule has 0 radical (unpaired) electrons. The Labute approximate surface area is 99.1 Å². The van der Waals surface area contributed by atoms with E-state index in [1.165, 1.54) is 19.0 Å². The molecule has 0 aromatic heterocycles. The van der Waals surface area contributed by atoms with E-state index in [-0.39, 0.29) is 7.92 Å². The Morgan fingerprint density at radius 2 is 1.80 bits per heavy atom. The number of hydrogen-bond acceptors (Lipinski definition) is 0. The normalized spacial score (nSPS) is 26.9. The molecule has 1 heterocycles. The summed E-state index contributed by atoms with van der Waals surface area (Å²) >= 11 is -1.67. The molecule has 0 aliphatic carbocycles. The van der Waals surface area contributed by atoms with Gasteiger partial charge in [0, 0.05) is 0 Å². The van der Waals surface area contributed by atoms with Crippen molar-refractivity contribution in [3.8, 4) is 0 Å². The summed E-state index contributed by atoms with van der Waals surface area (Å²) in [5, 5.41) is 1.67. The fourth-order valence-corrected chi connectivity index (χ4v) is 19.5. The Bertz CT molecular complexity index is 315. The van der Waals surface area contributed by atoms with Gasteiger partial charge in [-0.05, 0) is 0 Å². The standard InChI is InChI=1S/C10H12P.3CH3.Sn/c1-2-6-10(7-3-1)11-8-4-5-9-11;;;;/h1-3,6-8H,4-5,9H2;3*1H3;. The van der Waals surface area contributed by atoms with E-state index in [0.717, 1.165) is 3.67 Å². The molecule has 1 aromatic carbocycles. The van der Waals surface area contributed by atoms with E-state index in [1.54, 1.807) is 5.30 Å². The number of rotatable bonds is 2. The average molecular weight is 327 g/mol. The van der Waals surface area contributed by atoms with Crippen molar-refractivity contribution in [1.82, 2.24) is 0 Å². The van der Waals surface area contributed by atoms with E-state index in [1.807, 2.05) is 0 Å². The van der Waals surface area contributed by atoms with Crippen LogP contribution >= 0.6 is 7.92 Å². The van der Waals surface area contributed by atoms with Crippen LogP contribution in [0.2, 0.25) is 14.8 Å². The van der Waals surface area contributed by atoms with E-state index in [4.69, 9.17) is 0 Å². The summed E-state index contributed by atoms with van der Waals surface area (Å²) in [5.74, 6) is 0. The molecule has 15 heavy (non-hydrogen) atoms. The van der Waals surface area contributed by atoms with Crippen LogP contribution in [0.5, 0.6) is 0 Å². The van der Waals surface area contributed by atoms with Gasteiger partial charge in [0.15, 0.2) is 0 Å². The minimum absolute atomic E-state index is 0.202. The summed E-state index contributed by atoms with van der Waals surface area (Å²) in [6, 6.07) is 11.3. The molecule has 82 valence electrons. The van der Waals surface area contributed by atoms with Gasteiger partial charge in [-0.2, -0.15) is 0 Å². The van der Waals surface area contributed by atoms with Gasteiger partial charge >= 0.3 is 99.4 Å². The van der Waals surface area contributed by atoms with Crippen LogP contribution in [0.25, 0.3) is 0 Å². The van der Waals surface area contributed by atoms with E-state index in [9.17, 15) is 0 Å². The maximum absolute atomic E-state index is 2.61. The first-order valence-corrected chi connectivity index (χ1v) is 17.7. The first-order chi connectivity index (χ1) is 7.09. The zero-order valence-corrected chi connectivity index (χ0v) is 13.8. The molecule has 1 aliphatic rings. The van der Waals surface area contributed by atoms with Gasteiger partial charge in [-0.3, -0.25) is 0 Å². The molecule has 2 heteroatoms. The van der Waals surface area contributed by atoms with Crippen LogP contribution in [0.1, 0.15) is 12.8 Å². The summed E-state index contributed by atoms with van der Waals surface area (Å²) in [6.45, 7) is 0. The van der Waals surface area contributed by atoms with E-state index in [2.05, 4.69) is 45.2 Å². The van der Waals surface area contributed by atoms with Gasteiger partial charge < -0.3 is 0 Å². The summed E-state index contributed by atoms with van der Waals surface area (Å²) in [6.07, 6.45) is 4.51. The second-order valence-corrected chi connectivity index (χ2v) is 25.0. The monoisotopic (exact) mass is 328 g/mol. The van der Waals surface area contributed by atoms with Crippen LogP contribution in [-0.2, 0) is 0 Å². The summed E-state index contributed by atoms with van der Waals surface area (Å²) in [7, 11) is 0.202. The first kappa shape index (κ1) is 11.9. The molecular weight excluding hydrogens is 306 g/mol. The number of hydrogen-bond donors (Lipinski definition) is 0. The minimum atomic E-state index is -1.67. The van der Waals surface area contributed by atoms with Crippen LogP contribution in [0, 0.1) is 0 Å². The predicted molar refractivity (Wildman–Crippen MR) is 74.2 cm³/mol. The van der Waals surface area contributed by atoms with Crippen molar-refractivity contribution >= 4 is 31.6 Å². The maximum atomic E-state index is 2.61. The van der Waals surface area contributed by atoms with Gasteiger partial charge in [0.05, 0.1) is 0 Å². The topological polar surface area (TPSA) is 0 Å². The van der Waals surface area contributed by atoms with Gasteiger partial charge in [0.2, 0.25) is 0 Å². The van der Waals surface area contributed by atoms with Gasteiger partial charge in [-0.25, -0.2) is 0 Å². The molecule has 2 rings (SSSR count). The van der Waals surface area contributed by atoms with Gasteiger partial charge in [0.25, 0.3) is 0 Å². The van der Waals surface area contributed by atoms with Gasteiger partial charge in [-0.1, -0.05) is 0 Å². The van der Waals surface area contributed by atoms with Crippen molar-refractivity contribution in [2.75, 3.05) is 6.16 Å². The third-order valence-corrected chi connectivity index (χ3v) is 20.5. The summed E-state index contributed by atoms with van der Waals surface area (Å²) in [4.78, 5) is 7.84. The molecule has 1 saturated heterocycles. The van der Waals surface area contributed by atoms with E-state index in [0.29, 0.717) is 0 Å². The molecule has 0 amide bonds. The Kier molecular flexibility index (Phi) is 3.78. The van der Waals surface area contributed by atoms with Crippen LogP contribution in [-0.4, -0.2) is 28.2 Å². The quantitative estimate of drug-likeness (QED) is 0.572. The average Bonchev–Trinajstić information content (AvgIpc) is 2.67. The predicted octanol–water partition coefficient (Wildman–Crippen LogP) is 3.83. The van der Waals surface area contributed by atoms with Crippen molar-refractivity contribution in [2.24, 2.45) is 0 Å². The zero-order valence-electron chi connectivity index (χ0n) is 10.0. The Morgan fingerprint density at radius 1 is 1.13 bits per heavy atom. The molecule has 0 spiro atoms. The van der Waals surface area contributed by atoms with Crippen LogP contribution in [0.3, 0.4) is 0 Å². The van der Waals surface area contributed by atoms with Crippen molar-refractivity contribution in [2.45, 2.75) is 31.3 Å². The SMILES string of the molecule is [CH3][Sn]([CH3])([CH3])[CH]1CCCP1c1ccccc1. The second kappa shape index (κ2) is 4.75. The molecule has 2 unspecified atom stereocenters. The second-order valence-electron chi connectivity index (χ2n) is 5.55. The Morgan fingerprint density at radius 3 is 2.40 bits per heavy atom. The van der Waals surface area contributed by atoms with Gasteiger partial charge in [0.1, 0.15) is 0 Å². The molecule has 0 nitrogen and oxygen atoms in total. The van der Waals surface area contributed by atoms with Crippen molar-refractivity contribution in [3.05, 3.63) is 30.3 Å². The summed E-state index contributed by atoms with van der Waals surface area (Å²) in [5.41, 5.74) is 0. The molecule has 2 atom stereocenters. The van der Waals surface area contributed by atoms with E-state index < -0.39 is 18.4 Å². The van der Waals surface area contributed by atoms with Crippen LogP contribution in [0.4, 0.5) is 0 Å². The van der Waals surface area contributed by atoms with Crippen LogP contribution in [0.15, 0.2) is 30.3 Å². The number of benzene rings is 1. The Hall–Kier alpha value is 0.449. The molecule has 0 bridgehead atoms. The molecule has 0 N–H and O–H groups in total. The fourth-order valence-electron chi connectivity index (χ4n) is 2.60. The van der Waals surface area contributed by atoms with E-state index >= 15 is 0 Å². The summed E-state index contributed by atoms with van der Waals surface area (Å²) < 4.78 is 1.14. The molecule has 1 aromatic rings. The third kappa shape index (κ3) is 2.77. The van der Waals surface area contributed by atoms with Crippen molar-refractivity contribution < 1.29 is 0 Å². The molecule has 0 saturated carbocycles. The fraction of sp³-hybridized carbons (Fsp3) is 0.538. The third-order valence-electron chi connectivity index (χ3n) is 3.34.